The number of hydrogen-bond donors (Lipinski definition) is 1. The Bertz CT molecular complexity index is 693. The molecule has 0 bridgehead atoms. The first-order chi connectivity index (χ1) is 12.2. The molecule has 1 aliphatic heterocycles. The Morgan fingerprint density at radius 3 is 2.64 bits per heavy atom. The molecule has 0 saturated carbocycles. The van der Waals surface area contributed by atoms with Crippen molar-refractivity contribution in [1.29, 1.82) is 0 Å². The van der Waals surface area contributed by atoms with Crippen LogP contribution in [0.4, 0.5) is 0 Å². The Morgan fingerprint density at radius 1 is 1.24 bits per heavy atom. The number of nitrogens with zero attached hydrogens (tertiary/aromatic N) is 1. The minimum atomic E-state index is -0.208. The van der Waals surface area contributed by atoms with Crippen LogP contribution in [-0.4, -0.2) is 37.6 Å². The molecule has 1 amide bonds. The first kappa shape index (κ1) is 18.0. The highest BCUT2D eigenvalue weighted by Crippen LogP contribution is 2.26. The van der Waals surface area contributed by atoms with Crippen molar-refractivity contribution in [3.05, 3.63) is 58.5 Å². The van der Waals surface area contributed by atoms with Gasteiger partial charge in [0.1, 0.15) is 12.4 Å². The molecular weight excluding hydrogens is 340 g/mol. The van der Waals surface area contributed by atoms with Crippen LogP contribution in [0.5, 0.6) is 0 Å². The van der Waals surface area contributed by atoms with E-state index >= 15 is 0 Å². The summed E-state index contributed by atoms with van der Waals surface area (Å²) in [7, 11) is 1.59. The van der Waals surface area contributed by atoms with Crippen molar-refractivity contribution in [2.45, 2.75) is 25.5 Å². The Kier molecular flexibility index (Phi) is 6.13. The van der Waals surface area contributed by atoms with E-state index in [2.05, 4.69) is 10.2 Å². The van der Waals surface area contributed by atoms with Gasteiger partial charge in [-0.1, -0.05) is 23.7 Å². The highest BCUT2D eigenvalue weighted by atomic mass is 35.5. The number of carbonyl (C=O) groups is 1. The Balaban J connectivity index is 1.67. The Morgan fingerprint density at radius 2 is 1.96 bits per heavy atom. The van der Waals surface area contributed by atoms with E-state index in [1.54, 1.807) is 19.2 Å². The molecule has 1 aromatic heterocycles. The van der Waals surface area contributed by atoms with Crippen molar-refractivity contribution >= 4 is 17.5 Å². The van der Waals surface area contributed by atoms with Gasteiger partial charge in [-0.2, -0.15) is 0 Å². The van der Waals surface area contributed by atoms with E-state index in [-0.39, 0.29) is 11.9 Å². The lowest BCUT2D eigenvalue weighted by atomic mass is 10.1. The minimum Gasteiger partial charge on any atom is -0.453 e. The monoisotopic (exact) mass is 362 g/mol. The Hall–Kier alpha value is -1.82. The number of likely N-dealkylation sites (tertiary alicyclic amines) is 1. The minimum absolute atomic E-state index is 0.136. The standard InChI is InChI=1S/C19H23ClN2O3/c1-24-13-16-8-9-18(25-16)19(23)21-12-17(22-10-2-3-11-22)14-4-6-15(20)7-5-14/h4-9,17H,2-3,10-13H2,1H3,(H,21,23)/t17-/m0/s1. The molecule has 0 spiro atoms. The average Bonchev–Trinajstić information content (AvgIpc) is 3.29. The predicted molar refractivity (Wildman–Crippen MR) is 96.8 cm³/mol. The molecule has 3 rings (SSSR count). The maximum absolute atomic E-state index is 12.4. The lowest BCUT2D eigenvalue weighted by Crippen LogP contribution is -2.36. The number of furan rings is 1. The van der Waals surface area contributed by atoms with Crippen molar-refractivity contribution in [3.8, 4) is 0 Å². The molecule has 1 aliphatic rings. The fourth-order valence-electron chi connectivity index (χ4n) is 3.19. The van der Waals surface area contributed by atoms with Gasteiger partial charge in [-0.3, -0.25) is 9.69 Å². The van der Waals surface area contributed by atoms with Crippen LogP contribution in [0, 0.1) is 0 Å². The summed E-state index contributed by atoms with van der Waals surface area (Å²) >= 11 is 6.01. The highest BCUT2D eigenvalue weighted by molar-refractivity contribution is 6.30. The molecule has 2 aromatic rings. The molecule has 1 N–H and O–H groups in total. The molecule has 1 aromatic carbocycles. The van der Waals surface area contributed by atoms with Gasteiger partial charge in [-0.25, -0.2) is 0 Å². The van der Waals surface area contributed by atoms with Gasteiger partial charge >= 0.3 is 0 Å². The number of ether oxygens (including phenoxy) is 1. The summed E-state index contributed by atoms with van der Waals surface area (Å²) in [6.07, 6.45) is 2.38. The fourth-order valence-corrected chi connectivity index (χ4v) is 3.32. The van der Waals surface area contributed by atoms with Gasteiger partial charge < -0.3 is 14.5 Å². The first-order valence-corrected chi connectivity index (χ1v) is 8.90. The lowest BCUT2D eigenvalue weighted by molar-refractivity contribution is 0.0901. The highest BCUT2D eigenvalue weighted by Gasteiger charge is 2.24. The van der Waals surface area contributed by atoms with E-state index in [1.165, 1.54) is 12.8 Å². The Labute approximate surface area is 152 Å². The third kappa shape index (κ3) is 4.63. The van der Waals surface area contributed by atoms with Crippen LogP contribution < -0.4 is 5.32 Å². The molecule has 0 radical (unpaired) electrons. The molecule has 0 unspecified atom stereocenters. The summed E-state index contributed by atoms with van der Waals surface area (Å²) in [6.45, 7) is 2.97. The van der Waals surface area contributed by atoms with Crippen LogP contribution in [-0.2, 0) is 11.3 Å². The smallest absolute Gasteiger partial charge is 0.287 e. The number of halogens is 1. The first-order valence-electron chi connectivity index (χ1n) is 8.53. The summed E-state index contributed by atoms with van der Waals surface area (Å²) in [6, 6.07) is 11.4. The summed E-state index contributed by atoms with van der Waals surface area (Å²) in [5.41, 5.74) is 1.16. The molecule has 1 fully saturated rings. The van der Waals surface area contributed by atoms with Crippen molar-refractivity contribution < 1.29 is 13.9 Å². The number of rotatable bonds is 7. The van der Waals surface area contributed by atoms with Gasteiger partial charge in [0.2, 0.25) is 0 Å². The quantitative estimate of drug-likeness (QED) is 0.816. The van der Waals surface area contributed by atoms with Crippen LogP contribution in [0.25, 0.3) is 0 Å². The van der Waals surface area contributed by atoms with Crippen LogP contribution in [0.1, 0.15) is 40.8 Å². The molecular formula is C19H23ClN2O3. The van der Waals surface area contributed by atoms with Gasteiger partial charge in [-0.15, -0.1) is 0 Å². The van der Waals surface area contributed by atoms with E-state index in [0.717, 1.165) is 18.7 Å². The average molecular weight is 363 g/mol. The summed E-state index contributed by atoms with van der Waals surface area (Å²) < 4.78 is 10.5. The predicted octanol–water partition coefficient (Wildman–Crippen LogP) is 3.65. The number of carbonyl (C=O) groups excluding carboxylic acids is 1. The zero-order chi connectivity index (χ0) is 17.6. The fraction of sp³-hybridized carbons (Fsp3) is 0.421. The van der Waals surface area contributed by atoms with Crippen molar-refractivity contribution in [3.63, 3.8) is 0 Å². The van der Waals surface area contributed by atoms with E-state index in [1.807, 2.05) is 24.3 Å². The second-order valence-electron chi connectivity index (χ2n) is 6.22. The van der Waals surface area contributed by atoms with Crippen LogP contribution in [0.15, 0.2) is 40.8 Å². The van der Waals surface area contributed by atoms with Gasteiger partial charge in [0.25, 0.3) is 5.91 Å². The summed E-state index contributed by atoms with van der Waals surface area (Å²) in [5, 5.41) is 3.71. The van der Waals surface area contributed by atoms with Gasteiger partial charge in [-0.05, 0) is 55.8 Å². The van der Waals surface area contributed by atoms with Gasteiger partial charge in [0, 0.05) is 18.7 Å². The normalized spacial score (nSPS) is 16.1. The van der Waals surface area contributed by atoms with E-state index < -0.39 is 0 Å². The second-order valence-corrected chi connectivity index (χ2v) is 6.66. The molecule has 1 atom stereocenters. The number of nitrogens with one attached hydrogen (secondary N) is 1. The van der Waals surface area contributed by atoms with Crippen molar-refractivity contribution in [1.82, 2.24) is 10.2 Å². The van der Waals surface area contributed by atoms with Crippen LogP contribution in [0.2, 0.25) is 5.02 Å². The molecule has 5 nitrogen and oxygen atoms in total. The number of benzene rings is 1. The van der Waals surface area contributed by atoms with Crippen molar-refractivity contribution in [2.24, 2.45) is 0 Å². The zero-order valence-corrected chi connectivity index (χ0v) is 15.1. The van der Waals surface area contributed by atoms with Crippen LogP contribution >= 0.6 is 11.6 Å². The lowest BCUT2D eigenvalue weighted by Gasteiger charge is -2.28. The second kappa shape index (κ2) is 8.52. The van der Waals surface area contributed by atoms with E-state index in [9.17, 15) is 4.79 Å². The number of methoxy groups -OCH3 is 1. The maximum Gasteiger partial charge on any atom is 0.287 e. The SMILES string of the molecule is COCc1ccc(C(=O)NC[C@@H](c2ccc(Cl)cc2)N2CCCC2)o1. The van der Waals surface area contributed by atoms with Gasteiger partial charge in [0.05, 0.1) is 6.04 Å². The summed E-state index contributed by atoms with van der Waals surface area (Å²) in [4.78, 5) is 14.8. The largest absolute Gasteiger partial charge is 0.453 e. The third-order valence-electron chi connectivity index (χ3n) is 4.46. The molecule has 6 heteroatoms. The summed E-state index contributed by atoms with van der Waals surface area (Å²) in [5.74, 6) is 0.741. The molecule has 25 heavy (non-hydrogen) atoms. The number of hydrogen-bond acceptors (Lipinski definition) is 4. The molecule has 0 aliphatic carbocycles. The zero-order valence-electron chi connectivity index (χ0n) is 14.3. The third-order valence-corrected chi connectivity index (χ3v) is 4.72. The topological polar surface area (TPSA) is 54.7 Å². The van der Waals surface area contributed by atoms with E-state index in [0.29, 0.717) is 29.7 Å². The molecule has 1 saturated heterocycles. The van der Waals surface area contributed by atoms with E-state index in [4.69, 9.17) is 20.8 Å². The molecule has 134 valence electrons. The number of amides is 1. The van der Waals surface area contributed by atoms with Crippen molar-refractivity contribution in [2.75, 3.05) is 26.7 Å². The van der Waals surface area contributed by atoms with Gasteiger partial charge in [0.15, 0.2) is 5.76 Å². The molecule has 2 heterocycles. The maximum atomic E-state index is 12.4. The van der Waals surface area contributed by atoms with Crippen LogP contribution in [0.3, 0.4) is 0 Å².